The Morgan fingerprint density at radius 1 is 1.28 bits per heavy atom. The van der Waals surface area contributed by atoms with E-state index in [1.54, 1.807) is 0 Å². The van der Waals surface area contributed by atoms with Gasteiger partial charge in [0.05, 0.1) is 0 Å². The van der Waals surface area contributed by atoms with Gasteiger partial charge in [-0.05, 0) is 36.4 Å². The standard InChI is InChI=1S/C16H22N2/c1-4-12(2)10-16(17-3)14-7-5-6-13-8-9-18-11-15(13)14/h5-9,11-12,16-17H,4,10H2,1-3H3. The lowest BCUT2D eigenvalue weighted by atomic mass is 9.92. The second kappa shape index (κ2) is 5.96. The zero-order valence-corrected chi connectivity index (χ0v) is 11.5. The molecule has 96 valence electrons. The van der Waals surface area contributed by atoms with E-state index < -0.39 is 0 Å². The van der Waals surface area contributed by atoms with Gasteiger partial charge >= 0.3 is 0 Å². The van der Waals surface area contributed by atoms with Crippen LogP contribution in [0.4, 0.5) is 0 Å². The molecule has 0 saturated carbocycles. The Hall–Kier alpha value is -1.41. The molecule has 0 amide bonds. The van der Waals surface area contributed by atoms with Crippen molar-refractivity contribution in [2.24, 2.45) is 5.92 Å². The van der Waals surface area contributed by atoms with Crippen LogP contribution >= 0.6 is 0 Å². The average Bonchev–Trinajstić information content (AvgIpc) is 2.44. The van der Waals surface area contributed by atoms with Gasteiger partial charge in [0.2, 0.25) is 0 Å². The van der Waals surface area contributed by atoms with E-state index in [-0.39, 0.29) is 0 Å². The minimum Gasteiger partial charge on any atom is -0.313 e. The molecule has 1 aromatic carbocycles. The number of benzene rings is 1. The second-order valence-corrected chi connectivity index (χ2v) is 5.03. The lowest BCUT2D eigenvalue weighted by molar-refractivity contribution is 0.423. The van der Waals surface area contributed by atoms with Crippen molar-refractivity contribution in [1.29, 1.82) is 0 Å². The van der Waals surface area contributed by atoms with Gasteiger partial charge in [-0.2, -0.15) is 0 Å². The number of hydrogen-bond donors (Lipinski definition) is 1. The molecule has 2 aromatic rings. The first kappa shape index (κ1) is 13.0. The first-order valence-corrected chi connectivity index (χ1v) is 6.76. The van der Waals surface area contributed by atoms with Crippen molar-refractivity contribution in [2.45, 2.75) is 32.7 Å². The molecule has 0 bridgehead atoms. The number of aromatic nitrogens is 1. The highest BCUT2D eigenvalue weighted by atomic mass is 14.9. The van der Waals surface area contributed by atoms with Crippen LogP contribution in [0.5, 0.6) is 0 Å². The van der Waals surface area contributed by atoms with Gasteiger partial charge in [0.1, 0.15) is 0 Å². The summed E-state index contributed by atoms with van der Waals surface area (Å²) in [5, 5.41) is 5.98. The lowest BCUT2D eigenvalue weighted by Gasteiger charge is -2.21. The van der Waals surface area contributed by atoms with Gasteiger partial charge in [-0.25, -0.2) is 0 Å². The van der Waals surface area contributed by atoms with Gasteiger partial charge < -0.3 is 5.32 Å². The van der Waals surface area contributed by atoms with Crippen LogP contribution < -0.4 is 5.32 Å². The molecular weight excluding hydrogens is 220 g/mol. The highest BCUT2D eigenvalue weighted by Gasteiger charge is 2.14. The topological polar surface area (TPSA) is 24.9 Å². The molecule has 1 heterocycles. The van der Waals surface area contributed by atoms with Crippen LogP contribution in [0.1, 0.15) is 38.3 Å². The minimum absolute atomic E-state index is 0.410. The average molecular weight is 242 g/mol. The fourth-order valence-corrected chi connectivity index (χ4v) is 2.41. The third-order valence-electron chi connectivity index (χ3n) is 3.78. The Bertz CT molecular complexity index is 502. The van der Waals surface area contributed by atoms with E-state index in [9.17, 15) is 0 Å². The summed E-state index contributed by atoms with van der Waals surface area (Å²) in [6.45, 7) is 4.57. The number of fused-ring (bicyclic) bond motifs is 1. The fourth-order valence-electron chi connectivity index (χ4n) is 2.41. The second-order valence-electron chi connectivity index (χ2n) is 5.03. The number of rotatable bonds is 5. The molecule has 2 unspecified atom stereocenters. The van der Waals surface area contributed by atoms with Crippen molar-refractivity contribution in [3.05, 3.63) is 42.2 Å². The van der Waals surface area contributed by atoms with E-state index in [2.05, 4.69) is 48.4 Å². The normalized spacial score (nSPS) is 14.6. The van der Waals surface area contributed by atoms with Crippen LogP contribution in [-0.4, -0.2) is 12.0 Å². The number of pyridine rings is 1. The molecule has 2 heteroatoms. The summed E-state index contributed by atoms with van der Waals surface area (Å²) in [5.41, 5.74) is 1.36. The largest absolute Gasteiger partial charge is 0.313 e. The maximum absolute atomic E-state index is 4.26. The maximum atomic E-state index is 4.26. The van der Waals surface area contributed by atoms with Crippen molar-refractivity contribution < 1.29 is 0 Å². The Balaban J connectivity index is 2.38. The fraction of sp³-hybridized carbons (Fsp3) is 0.438. The van der Waals surface area contributed by atoms with Crippen LogP contribution in [0.3, 0.4) is 0 Å². The van der Waals surface area contributed by atoms with Gasteiger partial charge in [-0.15, -0.1) is 0 Å². The van der Waals surface area contributed by atoms with Crippen LogP contribution in [0.2, 0.25) is 0 Å². The van der Waals surface area contributed by atoms with Crippen molar-refractivity contribution in [1.82, 2.24) is 10.3 Å². The zero-order chi connectivity index (χ0) is 13.0. The van der Waals surface area contributed by atoms with E-state index >= 15 is 0 Å². The van der Waals surface area contributed by atoms with E-state index in [4.69, 9.17) is 0 Å². The third kappa shape index (κ3) is 2.70. The highest BCUT2D eigenvalue weighted by molar-refractivity contribution is 5.85. The molecular formula is C16H22N2. The Labute approximate surface area is 109 Å². The van der Waals surface area contributed by atoms with Gasteiger partial charge in [0, 0.05) is 23.8 Å². The molecule has 0 aliphatic rings. The molecule has 0 radical (unpaired) electrons. The molecule has 0 saturated heterocycles. The molecule has 1 N–H and O–H groups in total. The first-order valence-electron chi connectivity index (χ1n) is 6.76. The molecule has 18 heavy (non-hydrogen) atoms. The molecule has 0 spiro atoms. The first-order chi connectivity index (χ1) is 8.76. The van der Waals surface area contributed by atoms with Gasteiger partial charge in [0.15, 0.2) is 0 Å². The molecule has 2 rings (SSSR count). The third-order valence-corrected chi connectivity index (χ3v) is 3.78. The van der Waals surface area contributed by atoms with Crippen LogP contribution in [0.15, 0.2) is 36.7 Å². The van der Waals surface area contributed by atoms with E-state index in [1.165, 1.54) is 29.2 Å². The van der Waals surface area contributed by atoms with Crippen LogP contribution in [0.25, 0.3) is 10.8 Å². The summed E-state index contributed by atoms with van der Waals surface area (Å²) in [5.74, 6) is 0.731. The Morgan fingerprint density at radius 2 is 2.11 bits per heavy atom. The van der Waals surface area contributed by atoms with Crippen molar-refractivity contribution in [3.63, 3.8) is 0 Å². The number of nitrogens with zero attached hydrogens (tertiary/aromatic N) is 1. The van der Waals surface area contributed by atoms with E-state index in [1.807, 2.05) is 19.4 Å². The summed E-state index contributed by atoms with van der Waals surface area (Å²) >= 11 is 0. The Kier molecular flexibility index (Phi) is 4.32. The summed E-state index contributed by atoms with van der Waals surface area (Å²) in [4.78, 5) is 4.26. The predicted molar refractivity (Wildman–Crippen MR) is 77.6 cm³/mol. The minimum atomic E-state index is 0.410. The molecule has 0 aliphatic carbocycles. The SMILES string of the molecule is CCC(C)CC(NC)c1cccc2ccncc12. The Morgan fingerprint density at radius 3 is 2.83 bits per heavy atom. The quantitative estimate of drug-likeness (QED) is 0.859. The molecule has 2 nitrogen and oxygen atoms in total. The van der Waals surface area contributed by atoms with Crippen LogP contribution in [-0.2, 0) is 0 Å². The smallest absolute Gasteiger partial charge is 0.0349 e. The lowest BCUT2D eigenvalue weighted by Crippen LogP contribution is -2.19. The van der Waals surface area contributed by atoms with Crippen molar-refractivity contribution in [2.75, 3.05) is 7.05 Å². The van der Waals surface area contributed by atoms with Crippen molar-refractivity contribution >= 4 is 10.8 Å². The maximum Gasteiger partial charge on any atom is 0.0349 e. The summed E-state index contributed by atoms with van der Waals surface area (Å²) in [6.07, 6.45) is 6.23. The zero-order valence-electron chi connectivity index (χ0n) is 11.5. The monoisotopic (exact) mass is 242 g/mol. The summed E-state index contributed by atoms with van der Waals surface area (Å²) in [7, 11) is 2.04. The summed E-state index contributed by atoms with van der Waals surface area (Å²) in [6, 6.07) is 8.99. The molecule has 0 aliphatic heterocycles. The van der Waals surface area contributed by atoms with Gasteiger partial charge in [0.25, 0.3) is 0 Å². The molecule has 2 atom stereocenters. The number of hydrogen-bond acceptors (Lipinski definition) is 2. The van der Waals surface area contributed by atoms with Crippen LogP contribution in [0, 0.1) is 5.92 Å². The van der Waals surface area contributed by atoms with E-state index in [0.717, 1.165) is 5.92 Å². The molecule has 1 aromatic heterocycles. The number of nitrogens with one attached hydrogen (secondary N) is 1. The van der Waals surface area contributed by atoms with Crippen molar-refractivity contribution in [3.8, 4) is 0 Å². The molecule has 0 fully saturated rings. The predicted octanol–water partition coefficient (Wildman–Crippen LogP) is 3.93. The van der Waals surface area contributed by atoms with Gasteiger partial charge in [-0.1, -0.05) is 38.5 Å². The summed E-state index contributed by atoms with van der Waals surface area (Å²) < 4.78 is 0. The van der Waals surface area contributed by atoms with E-state index in [0.29, 0.717) is 6.04 Å². The van der Waals surface area contributed by atoms with Gasteiger partial charge in [-0.3, -0.25) is 4.98 Å². The highest BCUT2D eigenvalue weighted by Crippen LogP contribution is 2.28.